The Balaban J connectivity index is 1.84. The number of halogens is 2. The van der Waals surface area contributed by atoms with E-state index in [1.54, 1.807) is 0 Å². The highest BCUT2D eigenvalue weighted by molar-refractivity contribution is 7.89. The van der Waals surface area contributed by atoms with Gasteiger partial charge >= 0.3 is 0 Å². The Morgan fingerprint density at radius 2 is 1.91 bits per heavy atom. The van der Waals surface area contributed by atoms with E-state index in [2.05, 4.69) is 9.62 Å². The molecule has 1 heterocycles. The maximum atomic E-state index is 13.5. The molecule has 0 aliphatic carbocycles. The number of nitrogens with zero attached hydrogens (tertiary/aromatic N) is 1. The normalized spacial score (nSPS) is 23.1. The molecule has 0 bridgehead atoms. The zero-order valence-electron chi connectivity index (χ0n) is 13.3. The summed E-state index contributed by atoms with van der Waals surface area (Å²) in [4.78, 5) is 1.54. The smallest absolute Gasteiger partial charge is 0.243 e. The van der Waals surface area contributed by atoms with Crippen LogP contribution in [0.3, 0.4) is 0 Å². The van der Waals surface area contributed by atoms with Crippen molar-refractivity contribution < 1.29 is 21.9 Å². The molecule has 1 N–H and O–H groups in total. The molecule has 1 saturated heterocycles. The van der Waals surface area contributed by atoms with E-state index in [1.165, 1.54) is 0 Å². The molecule has 2 unspecified atom stereocenters. The van der Waals surface area contributed by atoms with Crippen molar-refractivity contribution in [2.45, 2.75) is 37.4 Å². The van der Waals surface area contributed by atoms with Crippen LogP contribution in [0, 0.1) is 11.6 Å². The number of ether oxygens (including phenoxy) is 1. The standard InChI is InChI=1S/C15H22F2N2O3S/c1-11-9-19(10-12(2)22-11)7-3-6-18-23(20,21)15-8-13(16)4-5-14(15)17/h4-5,8,11-12,18H,3,6-7,9-10H2,1-2H3. The van der Waals surface area contributed by atoms with Crippen molar-refractivity contribution in [1.29, 1.82) is 0 Å². The molecule has 0 amide bonds. The molecule has 1 aliphatic heterocycles. The van der Waals surface area contributed by atoms with Gasteiger partial charge in [-0.2, -0.15) is 0 Å². The lowest BCUT2D eigenvalue weighted by Crippen LogP contribution is -2.46. The Morgan fingerprint density at radius 3 is 2.57 bits per heavy atom. The van der Waals surface area contributed by atoms with Gasteiger partial charge in [-0.1, -0.05) is 0 Å². The summed E-state index contributed by atoms with van der Waals surface area (Å²) in [6.07, 6.45) is 0.879. The van der Waals surface area contributed by atoms with Crippen molar-refractivity contribution >= 4 is 10.0 Å². The number of sulfonamides is 1. The average Bonchev–Trinajstić information content (AvgIpc) is 2.45. The second-order valence-electron chi connectivity index (χ2n) is 5.84. The summed E-state index contributed by atoms with van der Waals surface area (Å²) in [5, 5.41) is 0. The van der Waals surface area contributed by atoms with Crippen LogP contribution in [0.15, 0.2) is 23.1 Å². The minimum absolute atomic E-state index is 0.150. The number of nitrogens with one attached hydrogen (secondary N) is 1. The predicted octanol–water partition coefficient (Wildman–Crippen LogP) is 1.74. The highest BCUT2D eigenvalue weighted by atomic mass is 32.2. The third-order valence-corrected chi connectivity index (χ3v) is 5.10. The summed E-state index contributed by atoms with van der Waals surface area (Å²) in [5.41, 5.74) is 0. The first kappa shape index (κ1) is 18.3. The minimum Gasteiger partial charge on any atom is -0.373 e. The number of rotatable bonds is 6. The number of benzene rings is 1. The Hall–Kier alpha value is -1.09. The van der Waals surface area contributed by atoms with Crippen molar-refractivity contribution in [3.63, 3.8) is 0 Å². The molecule has 2 atom stereocenters. The topological polar surface area (TPSA) is 58.6 Å². The van der Waals surface area contributed by atoms with E-state index in [9.17, 15) is 17.2 Å². The van der Waals surface area contributed by atoms with E-state index in [4.69, 9.17) is 4.74 Å². The van der Waals surface area contributed by atoms with Gasteiger partial charge in [0.1, 0.15) is 16.5 Å². The molecule has 23 heavy (non-hydrogen) atoms. The van der Waals surface area contributed by atoms with Gasteiger partial charge in [0.05, 0.1) is 12.2 Å². The highest BCUT2D eigenvalue weighted by Crippen LogP contribution is 2.15. The van der Waals surface area contributed by atoms with Gasteiger partial charge in [-0.3, -0.25) is 4.90 Å². The Labute approximate surface area is 135 Å². The third-order valence-electron chi connectivity index (χ3n) is 3.62. The molecule has 0 spiro atoms. The van der Waals surface area contributed by atoms with Crippen molar-refractivity contribution in [2.24, 2.45) is 0 Å². The SMILES string of the molecule is CC1CN(CCCNS(=O)(=O)c2cc(F)ccc2F)CC(C)O1. The zero-order chi connectivity index (χ0) is 17.0. The summed E-state index contributed by atoms with van der Waals surface area (Å²) in [7, 11) is -4.05. The van der Waals surface area contributed by atoms with Crippen LogP contribution in [0.5, 0.6) is 0 Å². The third kappa shape index (κ3) is 5.20. The van der Waals surface area contributed by atoms with Crippen LogP contribution in [0.25, 0.3) is 0 Å². The molecule has 5 nitrogen and oxygen atoms in total. The fourth-order valence-electron chi connectivity index (χ4n) is 2.74. The van der Waals surface area contributed by atoms with E-state index >= 15 is 0 Å². The van der Waals surface area contributed by atoms with Crippen LogP contribution in [0.1, 0.15) is 20.3 Å². The molecule has 0 saturated carbocycles. The lowest BCUT2D eigenvalue weighted by atomic mass is 10.2. The summed E-state index contributed by atoms with van der Waals surface area (Å²) in [5.74, 6) is -1.75. The molecule has 0 aromatic heterocycles. The molecule has 1 aromatic rings. The van der Waals surface area contributed by atoms with Gasteiger partial charge in [0.2, 0.25) is 10.0 Å². The Bertz CT molecular complexity index is 630. The van der Waals surface area contributed by atoms with Crippen LogP contribution in [-0.2, 0) is 14.8 Å². The van der Waals surface area contributed by atoms with Gasteiger partial charge < -0.3 is 4.74 Å². The van der Waals surface area contributed by atoms with Gasteiger partial charge in [-0.15, -0.1) is 0 Å². The summed E-state index contributed by atoms with van der Waals surface area (Å²) in [6.45, 7) is 6.48. The molecule has 8 heteroatoms. The minimum atomic E-state index is -4.05. The molecule has 1 aliphatic rings. The zero-order valence-corrected chi connectivity index (χ0v) is 14.1. The molecular weight excluding hydrogens is 326 g/mol. The number of hydrogen-bond donors (Lipinski definition) is 1. The van der Waals surface area contributed by atoms with Crippen molar-refractivity contribution in [3.8, 4) is 0 Å². The fourth-order valence-corrected chi connectivity index (χ4v) is 3.90. The molecule has 2 rings (SSSR count). The van der Waals surface area contributed by atoms with Gasteiger partial charge in [-0.25, -0.2) is 21.9 Å². The van der Waals surface area contributed by atoms with Crippen molar-refractivity contribution in [2.75, 3.05) is 26.2 Å². The molecule has 130 valence electrons. The van der Waals surface area contributed by atoms with Gasteiger partial charge in [0.25, 0.3) is 0 Å². The van der Waals surface area contributed by atoms with E-state index in [0.29, 0.717) is 19.0 Å². The van der Waals surface area contributed by atoms with E-state index in [-0.39, 0.29) is 18.8 Å². The molecule has 1 aromatic carbocycles. The van der Waals surface area contributed by atoms with E-state index in [0.717, 1.165) is 25.2 Å². The van der Waals surface area contributed by atoms with E-state index < -0.39 is 26.6 Å². The molecule has 0 radical (unpaired) electrons. The van der Waals surface area contributed by atoms with Crippen LogP contribution in [0.4, 0.5) is 8.78 Å². The summed E-state index contributed by atoms with van der Waals surface area (Å²) in [6, 6.07) is 2.37. The summed E-state index contributed by atoms with van der Waals surface area (Å²) >= 11 is 0. The fraction of sp³-hybridized carbons (Fsp3) is 0.600. The van der Waals surface area contributed by atoms with Gasteiger partial charge in [0, 0.05) is 19.6 Å². The number of hydrogen-bond acceptors (Lipinski definition) is 4. The molecule has 1 fully saturated rings. The van der Waals surface area contributed by atoms with E-state index in [1.807, 2.05) is 13.8 Å². The van der Waals surface area contributed by atoms with Gasteiger partial charge in [-0.05, 0) is 45.0 Å². The van der Waals surface area contributed by atoms with Crippen molar-refractivity contribution in [3.05, 3.63) is 29.8 Å². The Kier molecular flexibility index (Phi) is 6.07. The predicted molar refractivity (Wildman–Crippen MR) is 82.6 cm³/mol. The first-order valence-electron chi connectivity index (χ1n) is 7.60. The van der Waals surface area contributed by atoms with Crippen LogP contribution in [-0.4, -0.2) is 51.7 Å². The Morgan fingerprint density at radius 1 is 1.26 bits per heavy atom. The molecular formula is C15H22F2N2O3S. The van der Waals surface area contributed by atoms with Crippen LogP contribution >= 0.6 is 0 Å². The largest absolute Gasteiger partial charge is 0.373 e. The lowest BCUT2D eigenvalue weighted by Gasteiger charge is -2.35. The average molecular weight is 348 g/mol. The van der Waals surface area contributed by atoms with Crippen molar-refractivity contribution in [1.82, 2.24) is 9.62 Å². The maximum Gasteiger partial charge on any atom is 0.243 e. The van der Waals surface area contributed by atoms with Gasteiger partial charge in [0.15, 0.2) is 0 Å². The number of morpholine rings is 1. The quantitative estimate of drug-likeness (QED) is 0.796. The van der Waals surface area contributed by atoms with Crippen LogP contribution < -0.4 is 4.72 Å². The second kappa shape index (κ2) is 7.65. The first-order chi connectivity index (χ1) is 10.8. The maximum absolute atomic E-state index is 13.5. The lowest BCUT2D eigenvalue weighted by molar-refractivity contribution is -0.0679. The monoisotopic (exact) mass is 348 g/mol. The second-order valence-corrected chi connectivity index (χ2v) is 7.58. The summed E-state index contributed by atoms with van der Waals surface area (Å²) < 4.78 is 58.6. The highest BCUT2D eigenvalue weighted by Gasteiger charge is 2.22. The van der Waals surface area contributed by atoms with Crippen LogP contribution in [0.2, 0.25) is 0 Å². The first-order valence-corrected chi connectivity index (χ1v) is 9.09.